The largest absolute Gasteiger partial charge is 0.343 e. The molecule has 3 aliphatic rings. The molecule has 0 aliphatic carbocycles. The van der Waals surface area contributed by atoms with Gasteiger partial charge in [-0.25, -0.2) is 4.79 Å². The molecule has 8 nitrogen and oxygen atoms in total. The van der Waals surface area contributed by atoms with Crippen LogP contribution in [0.15, 0.2) is 0 Å². The molecule has 0 unspecified atom stereocenters. The molecule has 0 bridgehead atoms. The lowest BCUT2D eigenvalue weighted by molar-refractivity contribution is -0.666. The van der Waals surface area contributed by atoms with Gasteiger partial charge in [-0.05, 0) is 20.3 Å². The molecule has 8 heteroatoms. The Morgan fingerprint density at radius 2 is 1.95 bits per heavy atom. The SMILES string of the molecule is CC(C)NC(=O)N[C@H]1C[C@H]2C(=O)N3CC[NH2+]C[C@H]3C(=O)N2C1. The second-order valence-electron chi connectivity index (χ2n) is 6.57. The summed E-state index contributed by atoms with van der Waals surface area (Å²) in [5, 5.41) is 7.71. The Morgan fingerprint density at radius 3 is 2.68 bits per heavy atom. The monoisotopic (exact) mass is 310 g/mol. The van der Waals surface area contributed by atoms with Gasteiger partial charge in [0, 0.05) is 12.6 Å². The van der Waals surface area contributed by atoms with Crippen molar-refractivity contribution in [3.63, 3.8) is 0 Å². The highest BCUT2D eigenvalue weighted by Crippen LogP contribution is 2.27. The van der Waals surface area contributed by atoms with Crippen LogP contribution in [0.25, 0.3) is 0 Å². The fourth-order valence-corrected chi connectivity index (χ4v) is 3.58. The van der Waals surface area contributed by atoms with Gasteiger partial charge in [0.2, 0.25) is 5.91 Å². The number of piperazine rings is 2. The maximum absolute atomic E-state index is 12.6. The molecule has 3 atom stereocenters. The van der Waals surface area contributed by atoms with Crippen LogP contribution >= 0.6 is 0 Å². The van der Waals surface area contributed by atoms with E-state index in [9.17, 15) is 14.4 Å². The van der Waals surface area contributed by atoms with E-state index in [1.165, 1.54) is 0 Å². The molecule has 3 fully saturated rings. The molecule has 0 aromatic heterocycles. The van der Waals surface area contributed by atoms with E-state index in [-0.39, 0.29) is 36.0 Å². The molecular formula is C14H24N5O3+. The predicted octanol–water partition coefficient (Wildman–Crippen LogP) is -2.55. The maximum Gasteiger partial charge on any atom is 0.315 e. The van der Waals surface area contributed by atoms with E-state index in [2.05, 4.69) is 16.0 Å². The van der Waals surface area contributed by atoms with Crippen LogP contribution in [0, 0.1) is 0 Å². The van der Waals surface area contributed by atoms with Crippen LogP contribution in [0.2, 0.25) is 0 Å². The molecule has 3 aliphatic heterocycles. The zero-order valence-electron chi connectivity index (χ0n) is 13.0. The van der Waals surface area contributed by atoms with Crippen molar-refractivity contribution in [2.75, 3.05) is 26.2 Å². The normalized spacial score (nSPS) is 31.1. The molecule has 3 rings (SSSR count). The number of hydrogen-bond donors (Lipinski definition) is 3. The zero-order valence-corrected chi connectivity index (χ0v) is 13.0. The minimum absolute atomic E-state index is 0.0223. The summed E-state index contributed by atoms with van der Waals surface area (Å²) in [5.41, 5.74) is 0. The first-order chi connectivity index (χ1) is 10.5. The molecule has 4 amide bonds. The lowest BCUT2D eigenvalue weighted by atomic mass is 10.0. The average Bonchev–Trinajstić information content (AvgIpc) is 2.88. The van der Waals surface area contributed by atoms with Gasteiger partial charge in [-0.3, -0.25) is 9.59 Å². The molecular weight excluding hydrogens is 286 g/mol. The third-order valence-electron chi connectivity index (χ3n) is 4.53. The minimum Gasteiger partial charge on any atom is -0.343 e. The summed E-state index contributed by atoms with van der Waals surface area (Å²) in [6.07, 6.45) is 0.503. The Hall–Kier alpha value is -1.83. The number of urea groups is 1. The highest BCUT2D eigenvalue weighted by atomic mass is 16.2. The Labute approximate surface area is 129 Å². The number of nitrogens with one attached hydrogen (secondary N) is 2. The number of fused-ring (bicyclic) bond motifs is 2. The summed E-state index contributed by atoms with van der Waals surface area (Å²) >= 11 is 0. The quantitative estimate of drug-likeness (QED) is 0.524. The summed E-state index contributed by atoms with van der Waals surface area (Å²) in [7, 11) is 0. The van der Waals surface area contributed by atoms with Crippen LogP contribution in [-0.2, 0) is 9.59 Å². The highest BCUT2D eigenvalue weighted by molar-refractivity contribution is 5.98. The van der Waals surface area contributed by atoms with Crippen LogP contribution in [0.5, 0.6) is 0 Å². The van der Waals surface area contributed by atoms with Crippen molar-refractivity contribution in [2.24, 2.45) is 0 Å². The van der Waals surface area contributed by atoms with Gasteiger partial charge in [0.25, 0.3) is 5.91 Å². The van der Waals surface area contributed by atoms with Crippen molar-refractivity contribution in [3.8, 4) is 0 Å². The minimum atomic E-state index is -0.411. The first kappa shape index (κ1) is 15.1. The topological polar surface area (TPSA) is 98.4 Å². The molecule has 0 aromatic carbocycles. The Kier molecular flexibility index (Phi) is 3.94. The lowest BCUT2D eigenvalue weighted by Gasteiger charge is -2.43. The predicted molar refractivity (Wildman–Crippen MR) is 77.9 cm³/mol. The maximum atomic E-state index is 12.6. The smallest absolute Gasteiger partial charge is 0.315 e. The van der Waals surface area contributed by atoms with Gasteiger partial charge >= 0.3 is 6.03 Å². The second kappa shape index (κ2) is 5.75. The number of amides is 4. The number of nitrogens with two attached hydrogens (primary N) is 1. The van der Waals surface area contributed by atoms with Crippen LogP contribution in [0.1, 0.15) is 20.3 Å². The average molecular weight is 310 g/mol. The van der Waals surface area contributed by atoms with E-state index in [0.29, 0.717) is 26.1 Å². The van der Waals surface area contributed by atoms with Crippen molar-refractivity contribution in [1.29, 1.82) is 0 Å². The fraction of sp³-hybridized carbons (Fsp3) is 0.786. The Morgan fingerprint density at radius 1 is 1.23 bits per heavy atom. The molecule has 3 heterocycles. The van der Waals surface area contributed by atoms with E-state index in [1.807, 2.05) is 13.8 Å². The molecule has 122 valence electrons. The van der Waals surface area contributed by atoms with Gasteiger partial charge < -0.3 is 25.8 Å². The highest BCUT2D eigenvalue weighted by Gasteiger charge is 2.52. The zero-order chi connectivity index (χ0) is 15.9. The summed E-state index contributed by atoms with van der Waals surface area (Å²) in [6.45, 7) is 6.31. The van der Waals surface area contributed by atoms with Crippen molar-refractivity contribution in [1.82, 2.24) is 20.4 Å². The van der Waals surface area contributed by atoms with Crippen molar-refractivity contribution >= 4 is 17.8 Å². The first-order valence-electron chi connectivity index (χ1n) is 7.97. The summed E-state index contributed by atoms with van der Waals surface area (Å²) in [5.74, 6) is 0.0559. The van der Waals surface area contributed by atoms with E-state index in [4.69, 9.17) is 0 Å². The third-order valence-corrected chi connectivity index (χ3v) is 4.53. The lowest BCUT2D eigenvalue weighted by Crippen LogP contribution is -2.94. The van der Waals surface area contributed by atoms with Crippen molar-refractivity contribution in [2.45, 2.75) is 44.4 Å². The second-order valence-corrected chi connectivity index (χ2v) is 6.57. The van der Waals surface area contributed by atoms with E-state index < -0.39 is 6.04 Å². The first-order valence-corrected chi connectivity index (χ1v) is 7.97. The van der Waals surface area contributed by atoms with Crippen LogP contribution < -0.4 is 16.0 Å². The van der Waals surface area contributed by atoms with Gasteiger partial charge in [0.05, 0.1) is 19.1 Å². The number of carbonyl (C=O) groups excluding carboxylic acids is 3. The van der Waals surface area contributed by atoms with Gasteiger partial charge in [-0.15, -0.1) is 0 Å². The number of hydrogen-bond acceptors (Lipinski definition) is 3. The van der Waals surface area contributed by atoms with E-state index in [1.54, 1.807) is 9.80 Å². The van der Waals surface area contributed by atoms with Gasteiger partial charge in [0.1, 0.15) is 12.6 Å². The molecule has 22 heavy (non-hydrogen) atoms. The Balaban J connectivity index is 1.67. The summed E-state index contributed by atoms with van der Waals surface area (Å²) < 4.78 is 0. The van der Waals surface area contributed by atoms with Gasteiger partial charge in [-0.1, -0.05) is 0 Å². The van der Waals surface area contributed by atoms with Crippen LogP contribution in [0.4, 0.5) is 4.79 Å². The van der Waals surface area contributed by atoms with E-state index in [0.717, 1.165) is 6.54 Å². The molecule has 4 N–H and O–H groups in total. The number of rotatable bonds is 2. The van der Waals surface area contributed by atoms with E-state index >= 15 is 0 Å². The summed E-state index contributed by atoms with van der Waals surface area (Å²) in [6, 6.07) is -1.10. The molecule has 0 spiro atoms. The van der Waals surface area contributed by atoms with Gasteiger partial charge in [0.15, 0.2) is 6.04 Å². The molecule has 0 saturated carbocycles. The van der Waals surface area contributed by atoms with Crippen LogP contribution in [-0.4, -0.2) is 78.0 Å². The van der Waals surface area contributed by atoms with Crippen molar-refractivity contribution < 1.29 is 19.7 Å². The Bertz CT molecular complexity index is 463. The number of nitrogens with zero attached hydrogens (tertiary/aromatic N) is 2. The number of quaternary nitrogens is 1. The standard InChI is InChI=1S/C14H23N5O3/c1-8(2)16-14(22)17-9-5-10-12(20)18-4-3-15-6-11(18)13(21)19(10)7-9/h8-11,15H,3-7H2,1-2H3,(H2,16,17,22)/p+1/t9-,10-,11-/m0/s1. The fourth-order valence-electron chi connectivity index (χ4n) is 3.58. The van der Waals surface area contributed by atoms with Crippen molar-refractivity contribution in [3.05, 3.63) is 0 Å². The summed E-state index contributed by atoms with van der Waals surface area (Å²) in [4.78, 5) is 40.3. The molecule has 0 aromatic rings. The van der Waals surface area contributed by atoms with Gasteiger partial charge in [-0.2, -0.15) is 0 Å². The number of carbonyl (C=O) groups is 3. The van der Waals surface area contributed by atoms with Crippen LogP contribution in [0.3, 0.4) is 0 Å². The molecule has 0 radical (unpaired) electrons. The molecule has 3 saturated heterocycles. The third kappa shape index (κ3) is 2.63.